The van der Waals surface area contributed by atoms with Crippen molar-refractivity contribution in [1.29, 1.82) is 0 Å². The molecule has 138 valence electrons. The minimum atomic E-state index is -0.378. The van der Waals surface area contributed by atoms with Crippen LogP contribution in [0, 0.1) is 0 Å². The number of hydrogen-bond donors (Lipinski definition) is 3. The van der Waals surface area contributed by atoms with Gasteiger partial charge in [0.1, 0.15) is 23.3 Å². The SMILES string of the molecule is COc1ccc(C2CC(C(=O)Nc3ccccc3OC)NN2)c(OC)c1. The minimum Gasteiger partial charge on any atom is -0.497 e. The van der Waals surface area contributed by atoms with Crippen molar-refractivity contribution < 1.29 is 19.0 Å². The van der Waals surface area contributed by atoms with Crippen LogP contribution in [0.3, 0.4) is 0 Å². The maximum atomic E-state index is 12.6. The van der Waals surface area contributed by atoms with E-state index in [-0.39, 0.29) is 18.0 Å². The summed E-state index contributed by atoms with van der Waals surface area (Å²) in [6, 6.07) is 12.5. The van der Waals surface area contributed by atoms with Crippen LogP contribution in [0.5, 0.6) is 17.2 Å². The molecule has 0 aliphatic carbocycles. The van der Waals surface area contributed by atoms with Crippen LogP contribution in [0.1, 0.15) is 18.0 Å². The van der Waals surface area contributed by atoms with Crippen LogP contribution in [0.25, 0.3) is 0 Å². The van der Waals surface area contributed by atoms with Gasteiger partial charge in [-0.25, -0.2) is 10.9 Å². The van der Waals surface area contributed by atoms with Crippen molar-refractivity contribution in [1.82, 2.24) is 10.9 Å². The number of anilines is 1. The van der Waals surface area contributed by atoms with Gasteiger partial charge < -0.3 is 19.5 Å². The van der Waals surface area contributed by atoms with E-state index in [2.05, 4.69) is 16.2 Å². The number of hydrogen-bond acceptors (Lipinski definition) is 6. The van der Waals surface area contributed by atoms with E-state index in [9.17, 15) is 4.79 Å². The minimum absolute atomic E-state index is 0.0516. The number of nitrogens with one attached hydrogen (secondary N) is 3. The molecule has 0 spiro atoms. The fourth-order valence-corrected chi connectivity index (χ4v) is 3.01. The van der Waals surface area contributed by atoms with Gasteiger partial charge in [0.2, 0.25) is 5.91 Å². The molecule has 1 aliphatic heterocycles. The van der Waals surface area contributed by atoms with E-state index in [1.54, 1.807) is 27.4 Å². The first-order valence-corrected chi connectivity index (χ1v) is 8.33. The summed E-state index contributed by atoms with van der Waals surface area (Å²) in [6.45, 7) is 0. The summed E-state index contributed by atoms with van der Waals surface area (Å²) in [4.78, 5) is 12.6. The summed E-state index contributed by atoms with van der Waals surface area (Å²) in [6.07, 6.45) is 0.587. The van der Waals surface area contributed by atoms with E-state index in [1.165, 1.54) is 0 Å². The van der Waals surface area contributed by atoms with E-state index in [0.29, 0.717) is 17.9 Å². The Labute approximate surface area is 152 Å². The van der Waals surface area contributed by atoms with Crippen molar-refractivity contribution in [3.8, 4) is 17.2 Å². The Kier molecular flexibility index (Phi) is 5.60. The quantitative estimate of drug-likeness (QED) is 0.736. The van der Waals surface area contributed by atoms with Crippen molar-refractivity contribution in [3.63, 3.8) is 0 Å². The van der Waals surface area contributed by atoms with Crippen LogP contribution in [0.15, 0.2) is 42.5 Å². The third-order valence-corrected chi connectivity index (χ3v) is 4.40. The van der Waals surface area contributed by atoms with Crippen molar-refractivity contribution in [3.05, 3.63) is 48.0 Å². The molecule has 7 nitrogen and oxygen atoms in total. The van der Waals surface area contributed by atoms with Crippen molar-refractivity contribution >= 4 is 11.6 Å². The Balaban J connectivity index is 1.69. The number of rotatable bonds is 6. The number of benzene rings is 2. The number of ether oxygens (including phenoxy) is 3. The average Bonchev–Trinajstić information content (AvgIpc) is 3.18. The van der Waals surface area contributed by atoms with E-state index < -0.39 is 0 Å². The van der Waals surface area contributed by atoms with Gasteiger partial charge in [0.25, 0.3) is 0 Å². The summed E-state index contributed by atoms with van der Waals surface area (Å²) in [5, 5.41) is 2.90. The fourth-order valence-electron chi connectivity index (χ4n) is 3.01. The van der Waals surface area contributed by atoms with Crippen LogP contribution < -0.4 is 30.4 Å². The van der Waals surface area contributed by atoms with Gasteiger partial charge in [0, 0.05) is 11.6 Å². The molecule has 26 heavy (non-hydrogen) atoms. The highest BCUT2D eigenvalue weighted by Gasteiger charge is 2.32. The van der Waals surface area contributed by atoms with E-state index in [4.69, 9.17) is 14.2 Å². The summed E-state index contributed by atoms with van der Waals surface area (Å²) in [7, 11) is 4.81. The fraction of sp³-hybridized carbons (Fsp3) is 0.316. The van der Waals surface area contributed by atoms with Crippen LogP contribution >= 0.6 is 0 Å². The van der Waals surface area contributed by atoms with E-state index >= 15 is 0 Å². The molecule has 0 aromatic heterocycles. The lowest BCUT2D eigenvalue weighted by Crippen LogP contribution is -2.39. The van der Waals surface area contributed by atoms with Gasteiger partial charge in [-0.15, -0.1) is 0 Å². The average molecular weight is 357 g/mol. The van der Waals surface area contributed by atoms with Crippen LogP contribution in [0.2, 0.25) is 0 Å². The number of para-hydroxylation sites is 2. The van der Waals surface area contributed by atoms with Gasteiger partial charge in [0.05, 0.1) is 33.1 Å². The van der Waals surface area contributed by atoms with Crippen LogP contribution in [0.4, 0.5) is 5.69 Å². The Morgan fingerprint density at radius 3 is 2.50 bits per heavy atom. The lowest BCUT2D eigenvalue weighted by atomic mass is 10.0. The second kappa shape index (κ2) is 8.07. The van der Waals surface area contributed by atoms with Gasteiger partial charge in [-0.1, -0.05) is 18.2 Å². The molecule has 0 bridgehead atoms. The van der Waals surface area contributed by atoms with Gasteiger partial charge in [0.15, 0.2) is 0 Å². The van der Waals surface area contributed by atoms with Crippen molar-refractivity contribution in [2.24, 2.45) is 0 Å². The third kappa shape index (κ3) is 3.74. The highest BCUT2D eigenvalue weighted by atomic mass is 16.5. The van der Waals surface area contributed by atoms with Gasteiger partial charge in [-0.2, -0.15) is 0 Å². The molecule has 1 fully saturated rings. The highest BCUT2D eigenvalue weighted by Crippen LogP contribution is 2.33. The summed E-state index contributed by atoms with van der Waals surface area (Å²) >= 11 is 0. The molecular formula is C19H23N3O4. The van der Waals surface area contributed by atoms with Crippen LogP contribution in [-0.2, 0) is 4.79 Å². The zero-order valence-corrected chi connectivity index (χ0v) is 15.0. The van der Waals surface area contributed by atoms with Crippen molar-refractivity contribution in [2.75, 3.05) is 26.6 Å². The number of methoxy groups -OCH3 is 3. The first-order valence-electron chi connectivity index (χ1n) is 8.33. The molecule has 1 aliphatic rings. The highest BCUT2D eigenvalue weighted by molar-refractivity contribution is 5.96. The topological polar surface area (TPSA) is 80.9 Å². The van der Waals surface area contributed by atoms with Crippen LogP contribution in [-0.4, -0.2) is 33.3 Å². The molecule has 1 amide bonds. The van der Waals surface area contributed by atoms with Gasteiger partial charge >= 0.3 is 0 Å². The molecule has 1 heterocycles. The predicted molar refractivity (Wildman–Crippen MR) is 98.6 cm³/mol. The zero-order chi connectivity index (χ0) is 18.5. The second-order valence-electron chi connectivity index (χ2n) is 5.93. The summed E-state index contributed by atoms with van der Waals surface area (Å²) in [5.41, 5.74) is 7.83. The number of hydrazine groups is 1. The van der Waals surface area contributed by atoms with E-state index in [0.717, 1.165) is 17.1 Å². The Morgan fingerprint density at radius 2 is 1.77 bits per heavy atom. The van der Waals surface area contributed by atoms with Gasteiger partial charge in [-0.05, 0) is 24.6 Å². The first kappa shape index (κ1) is 18.0. The van der Waals surface area contributed by atoms with Gasteiger partial charge in [-0.3, -0.25) is 4.79 Å². The third-order valence-electron chi connectivity index (χ3n) is 4.40. The summed E-state index contributed by atoms with van der Waals surface area (Å²) in [5.74, 6) is 1.94. The molecule has 1 saturated heterocycles. The molecule has 3 rings (SSSR count). The summed E-state index contributed by atoms with van der Waals surface area (Å²) < 4.78 is 16.0. The normalized spacial score (nSPS) is 19.0. The molecule has 7 heteroatoms. The van der Waals surface area contributed by atoms with Crippen molar-refractivity contribution in [2.45, 2.75) is 18.5 Å². The molecule has 2 unspecified atom stereocenters. The number of carbonyl (C=O) groups excluding carboxylic acids is 1. The lowest BCUT2D eigenvalue weighted by Gasteiger charge is -2.15. The second-order valence-corrected chi connectivity index (χ2v) is 5.93. The maximum Gasteiger partial charge on any atom is 0.243 e. The molecule has 2 atom stereocenters. The Bertz CT molecular complexity index is 781. The first-order chi connectivity index (χ1) is 12.7. The smallest absolute Gasteiger partial charge is 0.243 e. The largest absolute Gasteiger partial charge is 0.497 e. The molecule has 2 aromatic carbocycles. The Morgan fingerprint density at radius 1 is 1.00 bits per heavy atom. The molecule has 3 N–H and O–H groups in total. The zero-order valence-electron chi connectivity index (χ0n) is 15.0. The predicted octanol–water partition coefficient (Wildman–Crippen LogP) is 2.26. The van der Waals surface area contributed by atoms with E-state index in [1.807, 2.05) is 36.4 Å². The molecule has 0 radical (unpaired) electrons. The molecule has 2 aromatic rings. The maximum absolute atomic E-state index is 12.6. The molecular weight excluding hydrogens is 334 g/mol. The lowest BCUT2D eigenvalue weighted by molar-refractivity contribution is -0.117. The number of carbonyl (C=O) groups is 1. The standard InChI is InChI=1S/C19H23N3O4/c1-24-12-8-9-13(18(10-12)26-3)15-11-16(22-21-15)19(23)20-14-6-4-5-7-17(14)25-2/h4-10,15-16,21-22H,11H2,1-3H3,(H,20,23). The number of amides is 1. The molecule has 0 saturated carbocycles. The monoisotopic (exact) mass is 357 g/mol. The Hall–Kier alpha value is -2.77.